The Labute approximate surface area is 250 Å². The largest absolute Gasteiger partial charge is 0.444 e. The van der Waals surface area contributed by atoms with Gasteiger partial charge >= 0.3 is 6.09 Å². The van der Waals surface area contributed by atoms with E-state index in [1.54, 1.807) is 0 Å². The summed E-state index contributed by atoms with van der Waals surface area (Å²) in [5, 5.41) is 3.04. The number of aromatic nitrogens is 4. The number of alkyl carbamates (subject to hydrolysis) is 1. The highest BCUT2D eigenvalue weighted by Gasteiger charge is 2.46. The molecule has 4 aromatic rings. The van der Waals surface area contributed by atoms with Crippen LogP contribution in [0.25, 0.3) is 22.2 Å². The van der Waals surface area contributed by atoms with E-state index in [1.807, 2.05) is 57.2 Å². The van der Waals surface area contributed by atoms with Crippen molar-refractivity contribution in [3.05, 3.63) is 77.1 Å². The van der Waals surface area contributed by atoms with Crippen LogP contribution in [0.1, 0.15) is 110 Å². The summed E-state index contributed by atoms with van der Waals surface area (Å²) in [5.74, 6) is 2.20. The lowest BCUT2D eigenvalue weighted by Gasteiger charge is -2.41. The third kappa shape index (κ3) is 4.15. The molecule has 0 unspecified atom stereocenters. The van der Waals surface area contributed by atoms with Gasteiger partial charge in [0, 0.05) is 37.0 Å². The van der Waals surface area contributed by atoms with Gasteiger partial charge in [0.25, 0.3) is 5.91 Å². The van der Waals surface area contributed by atoms with Crippen molar-refractivity contribution in [2.75, 3.05) is 7.05 Å². The number of benzene rings is 2. The van der Waals surface area contributed by atoms with E-state index in [1.165, 1.54) is 24.0 Å². The maximum Gasteiger partial charge on any atom is 0.408 e. The van der Waals surface area contributed by atoms with Gasteiger partial charge in [-0.2, -0.15) is 0 Å². The van der Waals surface area contributed by atoms with Gasteiger partial charge < -0.3 is 19.5 Å². The maximum atomic E-state index is 13.6. The molecule has 2 saturated carbocycles. The number of fused-ring (bicyclic) bond motifs is 9. The predicted octanol–water partition coefficient (Wildman–Crippen LogP) is 6.39. The molecule has 1 N–H and O–H groups in total. The summed E-state index contributed by atoms with van der Waals surface area (Å²) in [6.07, 6.45) is 9.01. The number of amides is 2. The molecule has 9 heteroatoms. The zero-order valence-corrected chi connectivity index (χ0v) is 25.1. The molecule has 0 spiro atoms. The summed E-state index contributed by atoms with van der Waals surface area (Å²) >= 11 is 0. The Morgan fingerprint density at radius 1 is 1.05 bits per heavy atom. The van der Waals surface area contributed by atoms with Crippen molar-refractivity contribution in [2.45, 2.75) is 88.4 Å². The van der Waals surface area contributed by atoms with Crippen LogP contribution in [0.5, 0.6) is 0 Å². The summed E-state index contributed by atoms with van der Waals surface area (Å²) in [6.45, 7) is 5.57. The molecule has 220 valence electrons. The fourth-order valence-electron chi connectivity index (χ4n) is 7.24. The van der Waals surface area contributed by atoms with Crippen molar-refractivity contribution >= 4 is 23.0 Å². The molecule has 2 aliphatic carbocycles. The van der Waals surface area contributed by atoms with E-state index < -0.39 is 17.2 Å². The van der Waals surface area contributed by atoms with Crippen LogP contribution in [0.3, 0.4) is 0 Å². The second-order valence-corrected chi connectivity index (χ2v) is 13.7. The van der Waals surface area contributed by atoms with E-state index >= 15 is 0 Å². The average Bonchev–Trinajstić information content (AvgIpc) is 3.66. The fourth-order valence-corrected chi connectivity index (χ4v) is 7.24. The van der Waals surface area contributed by atoms with Gasteiger partial charge in [0.1, 0.15) is 17.0 Å². The van der Waals surface area contributed by atoms with Gasteiger partial charge in [-0.1, -0.05) is 18.2 Å². The number of carbonyl (C=O) groups is 2. The average molecular weight is 577 g/mol. The minimum atomic E-state index is -0.594. The van der Waals surface area contributed by atoms with Crippen molar-refractivity contribution in [3.63, 3.8) is 0 Å². The monoisotopic (exact) mass is 576 g/mol. The molecule has 2 aliphatic heterocycles. The topological polar surface area (TPSA) is 102 Å². The molecule has 2 amide bonds. The van der Waals surface area contributed by atoms with Crippen LogP contribution in [-0.2, 0) is 10.3 Å². The van der Waals surface area contributed by atoms with Crippen LogP contribution in [-0.4, -0.2) is 49.1 Å². The minimum absolute atomic E-state index is 0.0634. The number of carbonyl (C=O) groups excluding carboxylic acids is 2. The second-order valence-electron chi connectivity index (χ2n) is 13.7. The maximum absolute atomic E-state index is 13.6. The molecule has 4 heterocycles. The standard InChI is InChI=1S/C34H36N6O3/c1-33(2,3)43-32(42)38-34(13-6-14-34)31-35-17-21(18-36-31)20-11-12-24-25(15-20)40-26-16-27(29(40)37-24)39(4)30(41)23-8-5-7-22(28(23)26)19-9-10-19/h5,7-8,11-12,15,17-19,26-27H,6,9-10,13-14,16H2,1-4H3,(H,38,42)/t26-,27-/m1/s1. The number of hydrogen-bond acceptors (Lipinski definition) is 6. The van der Waals surface area contributed by atoms with Gasteiger partial charge in [-0.25, -0.2) is 19.7 Å². The van der Waals surface area contributed by atoms with Gasteiger partial charge in [-0.3, -0.25) is 4.79 Å². The SMILES string of the molecule is CN1C(=O)c2cccc(C3CC3)c2[C@H]2C[C@@H]1c1nc3ccc(-c4cnc(C5(NC(=O)OC(C)(C)C)CCC5)nc4)cc3n12. The number of ether oxygens (including phenoxy) is 1. The first-order valence-electron chi connectivity index (χ1n) is 15.4. The highest BCUT2D eigenvalue weighted by molar-refractivity contribution is 5.97. The molecule has 2 aromatic carbocycles. The van der Waals surface area contributed by atoms with Crippen LogP contribution in [0.2, 0.25) is 0 Å². The first kappa shape index (κ1) is 26.4. The molecule has 2 aromatic heterocycles. The lowest BCUT2D eigenvalue weighted by molar-refractivity contribution is 0.0364. The molecule has 2 atom stereocenters. The van der Waals surface area contributed by atoms with Crippen LogP contribution >= 0.6 is 0 Å². The summed E-state index contributed by atoms with van der Waals surface area (Å²) in [4.78, 5) is 42.6. The molecular formula is C34H36N6O3. The van der Waals surface area contributed by atoms with Crippen LogP contribution in [0.4, 0.5) is 4.79 Å². The van der Waals surface area contributed by atoms with Gasteiger partial charge in [0.15, 0.2) is 5.82 Å². The smallest absolute Gasteiger partial charge is 0.408 e. The van der Waals surface area contributed by atoms with Crippen LogP contribution in [0.15, 0.2) is 48.8 Å². The number of nitrogens with one attached hydrogen (secondary N) is 1. The lowest BCUT2D eigenvalue weighted by atomic mass is 9.76. The van der Waals surface area contributed by atoms with Gasteiger partial charge in [0.05, 0.1) is 23.1 Å². The van der Waals surface area contributed by atoms with Gasteiger partial charge in [-0.05, 0) is 93.7 Å². The zero-order valence-electron chi connectivity index (χ0n) is 25.1. The Morgan fingerprint density at radius 3 is 2.49 bits per heavy atom. The fraction of sp³-hybridized carbons (Fsp3) is 0.441. The van der Waals surface area contributed by atoms with E-state index in [2.05, 4.69) is 34.1 Å². The first-order chi connectivity index (χ1) is 20.6. The molecule has 4 aliphatic rings. The molecule has 8 rings (SSSR count). The summed E-state index contributed by atoms with van der Waals surface area (Å²) in [5.41, 5.74) is 6.06. The van der Waals surface area contributed by atoms with Crippen LogP contribution < -0.4 is 5.32 Å². The van der Waals surface area contributed by atoms with E-state index in [9.17, 15) is 9.59 Å². The summed E-state index contributed by atoms with van der Waals surface area (Å²) in [6, 6.07) is 12.6. The number of rotatable bonds is 4. The van der Waals surface area contributed by atoms with Gasteiger partial charge in [-0.15, -0.1) is 0 Å². The quantitative estimate of drug-likeness (QED) is 0.302. The Morgan fingerprint density at radius 2 is 1.81 bits per heavy atom. The Kier molecular flexibility index (Phi) is 5.59. The van der Waals surface area contributed by atoms with Crippen molar-refractivity contribution in [3.8, 4) is 11.1 Å². The molecule has 2 bridgehead atoms. The highest BCUT2D eigenvalue weighted by Crippen LogP contribution is 2.52. The normalized spacial score (nSPS) is 22.0. The summed E-state index contributed by atoms with van der Waals surface area (Å²) in [7, 11) is 1.91. The summed E-state index contributed by atoms with van der Waals surface area (Å²) < 4.78 is 7.89. The van der Waals surface area contributed by atoms with Crippen molar-refractivity contribution < 1.29 is 14.3 Å². The molecule has 0 radical (unpaired) electrons. The molecular weight excluding hydrogens is 540 g/mol. The number of nitrogens with zero attached hydrogens (tertiary/aromatic N) is 5. The Hall–Kier alpha value is -4.27. The first-order valence-corrected chi connectivity index (χ1v) is 15.4. The third-order valence-corrected chi connectivity index (χ3v) is 9.64. The number of hydrogen-bond donors (Lipinski definition) is 1. The van der Waals surface area contributed by atoms with Crippen LogP contribution in [0, 0.1) is 0 Å². The highest BCUT2D eigenvalue weighted by atomic mass is 16.6. The minimum Gasteiger partial charge on any atom is -0.444 e. The predicted molar refractivity (Wildman–Crippen MR) is 162 cm³/mol. The lowest BCUT2D eigenvalue weighted by Crippen LogP contribution is -2.53. The Bertz CT molecular complexity index is 1800. The van der Waals surface area contributed by atoms with Gasteiger partial charge in [0.2, 0.25) is 0 Å². The molecule has 0 saturated heterocycles. The van der Waals surface area contributed by atoms with Crippen molar-refractivity contribution in [1.82, 2.24) is 29.7 Å². The zero-order chi connectivity index (χ0) is 29.7. The van der Waals surface area contributed by atoms with E-state index in [-0.39, 0.29) is 18.0 Å². The van der Waals surface area contributed by atoms with E-state index in [4.69, 9.17) is 19.7 Å². The Balaban J connectivity index is 1.16. The second kappa shape index (κ2) is 9.11. The molecule has 43 heavy (non-hydrogen) atoms. The van der Waals surface area contributed by atoms with Crippen molar-refractivity contribution in [2.24, 2.45) is 0 Å². The molecule has 2 fully saturated rings. The molecule has 9 nitrogen and oxygen atoms in total. The van der Waals surface area contributed by atoms with E-state index in [0.717, 1.165) is 59.2 Å². The number of imidazole rings is 1. The van der Waals surface area contributed by atoms with E-state index in [0.29, 0.717) is 11.7 Å². The third-order valence-electron chi connectivity index (χ3n) is 9.64. The van der Waals surface area contributed by atoms with Crippen molar-refractivity contribution in [1.29, 1.82) is 0 Å².